The summed E-state index contributed by atoms with van der Waals surface area (Å²) < 4.78 is 11.3. The molecule has 9 rings (SSSR count). The van der Waals surface area contributed by atoms with Crippen LogP contribution in [-0.2, 0) is 23.3 Å². The van der Waals surface area contributed by atoms with E-state index < -0.39 is 0 Å². The first-order chi connectivity index (χ1) is 26.2. The zero-order valence-corrected chi connectivity index (χ0v) is 37.8. The summed E-state index contributed by atoms with van der Waals surface area (Å²) in [5, 5.41) is 5.15. The molecule has 1 aliphatic heterocycles. The van der Waals surface area contributed by atoms with Gasteiger partial charge in [-0.3, -0.25) is 0 Å². The van der Waals surface area contributed by atoms with Crippen LogP contribution < -0.4 is 0 Å². The third-order valence-corrected chi connectivity index (χ3v) is 16.8. The van der Waals surface area contributed by atoms with Crippen molar-refractivity contribution in [1.29, 1.82) is 0 Å². The van der Waals surface area contributed by atoms with Crippen molar-refractivity contribution in [3.8, 4) is 44.9 Å². The molecule has 0 unspecified atom stereocenters. The average Bonchev–Trinajstić information content (AvgIpc) is 3.94. The summed E-state index contributed by atoms with van der Waals surface area (Å²) in [7, 11) is 0. The van der Waals surface area contributed by atoms with E-state index in [4.69, 9.17) is 32.0 Å². The van der Waals surface area contributed by atoms with Gasteiger partial charge >= 0.3 is 68.4 Å². The Bertz CT molecular complexity index is 2480. The van der Waals surface area contributed by atoms with E-state index in [0.717, 1.165) is 46.3 Å². The Morgan fingerprint density at radius 3 is 1.22 bits per heavy atom. The monoisotopic (exact) mass is 854 g/mol. The fourth-order valence-electron chi connectivity index (χ4n) is 7.43. The zero-order chi connectivity index (χ0) is 39.2. The molecule has 0 N–H and O–H groups in total. The third-order valence-electron chi connectivity index (χ3n) is 10.7. The molecule has 8 aromatic rings. The molecule has 0 atom stereocenters. The number of rotatable bonds is 4. The van der Waals surface area contributed by atoms with E-state index in [2.05, 4.69) is 139 Å². The van der Waals surface area contributed by atoms with Gasteiger partial charge in [-0.1, -0.05) is 93.0 Å². The van der Waals surface area contributed by atoms with Crippen LogP contribution in [0.2, 0.25) is 12.1 Å². The Labute approximate surface area is 350 Å². The number of fused-ring (bicyclic) bond motifs is 2. The van der Waals surface area contributed by atoms with E-state index in [1.54, 1.807) is 23.3 Å². The average molecular weight is 857 g/mol. The van der Waals surface area contributed by atoms with Crippen LogP contribution in [0.5, 0.6) is 0 Å². The summed E-state index contributed by atoms with van der Waals surface area (Å²) in [6, 6.07) is 41.5. The Hall–Kier alpha value is -3.66. The molecule has 0 saturated carbocycles. The molecule has 1 aliphatic rings. The summed E-state index contributed by atoms with van der Waals surface area (Å²) in [6.07, 6.45) is 0. The van der Waals surface area contributed by atoms with Gasteiger partial charge in [0.05, 0.1) is 23.0 Å². The van der Waals surface area contributed by atoms with Crippen LogP contribution in [0.25, 0.3) is 66.4 Å². The van der Waals surface area contributed by atoms with Crippen molar-refractivity contribution in [2.75, 3.05) is 0 Å². The number of hydrogen-bond acceptors (Lipinski definition) is 2. The molecule has 0 amide bonds. The molecular formula is C49H46Cl2O2SiZr. The number of hydrogen-bond donors (Lipinski definition) is 0. The van der Waals surface area contributed by atoms with E-state index in [1.807, 2.05) is 26.0 Å². The predicted octanol–water partition coefficient (Wildman–Crippen LogP) is 15.2. The first-order valence-corrected chi connectivity index (χ1v) is 25.1. The molecule has 0 aliphatic carbocycles. The van der Waals surface area contributed by atoms with Gasteiger partial charge in [-0.2, -0.15) is 0 Å². The quantitative estimate of drug-likeness (QED) is 0.100. The van der Waals surface area contributed by atoms with Gasteiger partial charge in [0.1, 0.15) is 0 Å². The van der Waals surface area contributed by atoms with Crippen LogP contribution in [-0.4, -0.2) is 9.77 Å². The van der Waals surface area contributed by atoms with E-state index in [-0.39, 0.29) is 9.77 Å². The second-order valence-corrected chi connectivity index (χ2v) is 24.0. The maximum atomic E-state index is 5.82. The van der Waals surface area contributed by atoms with Gasteiger partial charge in [-0.25, -0.2) is 0 Å². The Balaban J connectivity index is 0.000000144. The van der Waals surface area contributed by atoms with Gasteiger partial charge in [-0.05, 0) is 102 Å². The van der Waals surface area contributed by atoms with Crippen molar-refractivity contribution in [3.63, 3.8) is 0 Å². The number of halogens is 2. The second kappa shape index (κ2) is 16.1. The molecule has 2 nitrogen and oxygen atoms in total. The molecule has 0 bridgehead atoms. The molecule has 6 aromatic carbocycles. The van der Waals surface area contributed by atoms with E-state index >= 15 is 0 Å². The SMILES string of the molecule is Cc1ccc(-c2c(C)c(C)cc3[cH-]c(-c4ccc(C)o4)cc23)cc1.Cc1ccc(-c2c(C)c(C)cc3[cH-]c(-c4ccc(C)o4)cc23)cc1.ClC1(Cl)C[Si](=[Zr+2])C1. The minimum atomic E-state index is -0.294. The van der Waals surface area contributed by atoms with Gasteiger partial charge < -0.3 is 8.83 Å². The molecule has 55 heavy (non-hydrogen) atoms. The first kappa shape index (κ1) is 39.6. The number of furan rings is 2. The Morgan fingerprint density at radius 2 is 0.927 bits per heavy atom. The van der Waals surface area contributed by atoms with Crippen LogP contribution in [0.15, 0.2) is 118 Å². The van der Waals surface area contributed by atoms with Crippen molar-refractivity contribution < 1.29 is 32.2 Å². The van der Waals surface area contributed by atoms with Gasteiger partial charge in [0.15, 0.2) is 0 Å². The number of aryl methyl sites for hydroxylation is 6. The molecule has 0 radical (unpaired) electrons. The normalized spacial score (nSPS) is 13.3. The fourth-order valence-corrected chi connectivity index (χ4v) is 18.3. The molecule has 3 heterocycles. The molecule has 276 valence electrons. The van der Waals surface area contributed by atoms with Crippen molar-refractivity contribution in [2.45, 2.75) is 71.8 Å². The predicted molar refractivity (Wildman–Crippen MR) is 233 cm³/mol. The topological polar surface area (TPSA) is 26.3 Å². The van der Waals surface area contributed by atoms with Crippen LogP contribution in [0.1, 0.15) is 44.9 Å². The van der Waals surface area contributed by atoms with Gasteiger partial charge in [0.2, 0.25) is 0 Å². The Kier molecular flexibility index (Phi) is 11.6. The maximum absolute atomic E-state index is 5.82. The van der Waals surface area contributed by atoms with Crippen LogP contribution >= 0.6 is 23.2 Å². The molecule has 6 heteroatoms. The number of benzene rings is 4. The standard InChI is InChI=1S/2C23H21O.C3H4Cl2Si.Zr/c2*1-14-5-8-18(9-6-14)23-17(4)15(2)11-19-12-20(13-21(19)23)22-10-7-16(3)24-22;4-3(5)1-6-2-3;/h2*5-13H,1-4H3;1-2H2;/q2*-1;;+2. The van der Waals surface area contributed by atoms with Crippen molar-refractivity contribution in [3.05, 3.63) is 154 Å². The summed E-state index contributed by atoms with van der Waals surface area (Å²) >= 11 is 13.1. The van der Waals surface area contributed by atoms with Gasteiger partial charge in [-0.15, -0.1) is 57.9 Å². The van der Waals surface area contributed by atoms with E-state index in [0.29, 0.717) is 0 Å². The van der Waals surface area contributed by atoms with Crippen LogP contribution in [0, 0.1) is 55.4 Å². The summed E-state index contributed by atoms with van der Waals surface area (Å²) in [5.41, 5.74) is 15.5. The van der Waals surface area contributed by atoms with Gasteiger partial charge in [0.25, 0.3) is 0 Å². The van der Waals surface area contributed by atoms with E-state index in [1.165, 1.54) is 77.2 Å². The van der Waals surface area contributed by atoms with Crippen LogP contribution in [0.3, 0.4) is 0 Å². The van der Waals surface area contributed by atoms with E-state index in [9.17, 15) is 0 Å². The van der Waals surface area contributed by atoms with Crippen molar-refractivity contribution in [1.82, 2.24) is 0 Å². The minimum absolute atomic E-state index is 0.0262. The first-order valence-electron chi connectivity index (χ1n) is 18.8. The summed E-state index contributed by atoms with van der Waals surface area (Å²) in [4.78, 5) is 0. The molecular weight excluding hydrogens is 811 g/mol. The molecule has 2 aromatic heterocycles. The molecule has 1 saturated heterocycles. The van der Waals surface area contributed by atoms with Gasteiger partial charge in [0, 0.05) is 0 Å². The summed E-state index contributed by atoms with van der Waals surface area (Å²) in [5.74, 6) is 3.77. The third kappa shape index (κ3) is 8.69. The van der Waals surface area contributed by atoms with Crippen molar-refractivity contribution >= 4 is 50.2 Å². The fraction of sp³-hybridized carbons (Fsp3) is 0.224. The molecule has 0 spiro atoms. The number of alkyl halides is 2. The zero-order valence-electron chi connectivity index (χ0n) is 32.9. The second-order valence-electron chi connectivity index (χ2n) is 15.2. The summed E-state index contributed by atoms with van der Waals surface area (Å²) in [6.45, 7) is 17.0. The molecule has 1 fully saturated rings. The Morgan fingerprint density at radius 1 is 0.545 bits per heavy atom. The van der Waals surface area contributed by atoms with Crippen molar-refractivity contribution in [2.24, 2.45) is 0 Å². The van der Waals surface area contributed by atoms with Crippen LogP contribution in [0.4, 0.5) is 0 Å².